The summed E-state index contributed by atoms with van der Waals surface area (Å²) >= 11 is 0. The third-order valence-corrected chi connectivity index (χ3v) is 3.01. The summed E-state index contributed by atoms with van der Waals surface area (Å²) in [5, 5.41) is 21.8. The molecule has 1 aliphatic carbocycles. The van der Waals surface area contributed by atoms with Crippen molar-refractivity contribution in [3.05, 3.63) is 0 Å². The normalized spacial score (nSPS) is 22.6. The van der Waals surface area contributed by atoms with Gasteiger partial charge in [0.15, 0.2) is 0 Å². The summed E-state index contributed by atoms with van der Waals surface area (Å²) in [7, 11) is 0. The topological polar surface area (TPSA) is 78.5 Å². The highest BCUT2D eigenvalue weighted by Crippen LogP contribution is 2.18. The average Bonchev–Trinajstić information content (AvgIpc) is 2.18. The zero-order valence-electron chi connectivity index (χ0n) is 9.36. The summed E-state index contributed by atoms with van der Waals surface area (Å²) in [5.74, 6) is 0. The summed E-state index contributed by atoms with van der Waals surface area (Å²) in [6.07, 6.45) is 7.03. The van der Waals surface area contributed by atoms with Crippen molar-refractivity contribution >= 4 is 0 Å². The lowest BCUT2D eigenvalue weighted by Crippen LogP contribution is -2.39. The fourth-order valence-electron chi connectivity index (χ4n) is 2.15. The van der Waals surface area contributed by atoms with Crippen LogP contribution in [-0.2, 0) is 0 Å². The highest BCUT2D eigenvalue weighted by atomic mass is 16.3. The zero-order valence-corrected chi connectivity index (χ0v) is 9.36. The van der Waals surface area contributed by atoms with Crippen molar-refractivity contribution in [3.63, 3.8) is 0 Å². The monoisotopic (exact) mass is 216 g/mol. The van der Waals surface area contributed by atoms with E-state index in [2.05, 4.69) is 5.32 Å². The molecule has 1 aliphatic rings. The zero-order chi connectivity index (χ0) is 11.1. The van der Waals surface area contributed by atoms with Crippen molar-refractivity contribution in [1.82, 2.24) is 5.32 Å². The first-order valence-corrected chi connectivity index (χ1v) is 6.06. The smallest absolute Gasteiger partial charge is 0.105 e. The second-order valence-corrected chi connectivity index (χ2v) is 4.52. The Kier molecular flexibility index (Phi) is 6.17. The maximum absolute atomic E-state index is 9.68. The molecule has 0 saturated heterocycles. The van der Waals surface area contributed by atoms with Gasteiger partial charge in [0.25, 0.3) is 0 Å². The summed E-state index contributed by atoms with van der Waals surface area (Å²) < 4.78 is 0. The number of nitrogens with two attached hydrogens (primary N) is 1. The second-order valence-electron chi connectivity index (χ2n) is 4.52. The van der Waals surface area contributed by atoms with Crippen LogP contribution in [-0.4, -0.2) is 28.7 Å². The molecule has 15 heavy (non-hydrogen) atoms. The Hall–Kier alpha value is -0.160. The van der Waals surface area contributed by atoms with E-state index in [0.717, 1.165) is 6.42 Å². The molecule has 0 heterocycles. The van der Waals surface area contributed by atoms with Gasteiger partial charge in [-0.2, -0.15) is 0 Å². The third-order valence-electron chi connectivity index (χ3n) is 3.01. The van der Waals surface area contributed by atoms with E-state index in [0.29, 0.717) is 18.9 Å². The predicted octanol–water partition coefficient (Wildman–Crippen LogP) is 0.674. The first-order chi connectivity index (χ1) is 7.18. The fourth-order valence-corrected chi connectivity index (χ4v) is 2.15. The predicted molar refractivity (Wildman–Crippen MR) is 60.1 cm³/mol. The van der Waals surface area contributed by atoms with Crippen molar-refractivity contribution in [2.45, 2.75) is 69.9 Å². The molecule has 2 unspecified atom stereocenters. The van der Waals surface area contributed by atoms with Crippen molar-refractivity contribution in [3.8, 4) is 0 Å². The molecule has 2 atom stereocenters. The van der Waals surface area contributed by atoms with Gasteiger partial charge >= 0.3 is 0 Å². The Labute approximate surface area is 91.9 Å². The molecule has 90 valence electrons. The van der Waals surface area contributed by atoms with Crippen molar-refractivity contribution in [1.29, 1.82) is 0 Å². The van der Waals surface area contributed by atoms with Gasteiger partial charge < -0.3 is 15.9 Å². The van der Waals surface area contributed by atoms with E-state index >= 15 is 0 Å². The first-order valence-electron chi connectivity index (χ1n) is 6.06. The van der Waals surface area contributed by atoms with Crippen LogP contribution < -0.4 is 11.1 Å². The lowest BCUT2D eigenvalue weighted by molar-refractivity contribution is 0.0942. The van der Waals surface area contributed by atoms with Crippen LogP contribution in [0.2, 0.25) is 0 Å². The van der Waals surface area contributed by atoms with Crippen LogP contribution in [0.4, 0.5) is 0 Å². The van der Waals surface area contributed by atoms with Gasteiger partial charge in [-0.3, -0.25) is 5.32 Å². The summed E-state index contributed by atoms with van der Waals surface area (Å²) in [5.41, 5.74) is 5.22. The van der Waals surface area contributed by atoms with E-state index in [9.17, 15) is 5.11 Å². The fraction of sp³-hybridized carbons (Fsp3) is 1.00. The van der Waals surface area contributed by atoms with Crippen LogP contribution in [0.1, 0.15) is 51.4 Å². The van der Waals surface area contributed by atoms with E-state index < -0.39 is 12.5 Å². The van der Waals surface area contributed by atoms with Gasteiger partial charge in [-0.25, -0.2) is 0 Å². The minimum Gasteiger partial charge on any atom is -0.379 e. The second kappa shape index (κ2) is 7.17. The summed E-state index contributed by atoms with van der Waals surface area (Å²) in [6, 6.07) is 0.483. The number of aliphatic hydroxyl groups is 2. The van der Waals surface area contributed by atoms with E-state index in [4.69, 9.17) is 10.8 Å². The number of hydrogen-bond acceptors (Lipinski definition) is 4. The molecule has 1 fully saturated rings. The molecule has 0 aliphatic heterocycles. The summed E-state index contributed by atoms with van der Waals surface area (Å²) in [4.78, 5) is 0. The van der Waals surface area contributed by atoms with Gasteiger partial charge in [0.05, 0.1) is 0 Å². The van der Waals surface area contributed by atoms with E-state index in [1.807, 2.05) is 0 Å². The van der Waals surface area contributed by atoms with Gasteiger partial charge in [0, 0.05) is 6.04 Å². The van der Waals surface area contributed by atoms with E-state index in [1.165, 1.54) is 32.1 Å². The van der Waals surface area contributed by atoms with Crippen molar-refractivity contribution in [2.24, 2.45) is 5.73 Å². The molecule has 0 radical (unpaired) electrons. The molecule has 0 bridgehead atoms. The molecule has 0 spiro atoms. The minimum atomic E-state index is -0.744. The van der Waals surface area contributed by atoms with Crippen LogP contribution in [0.3, 0.4) is 0 Å². The highest BCUT2D eigenvalue weighted by Gasteiger charge is 2.15. The maximum atomic E-state index is 9.68. The summed E-state index contributed by atoms with van der Waals surface area (Å²) in [6.45, 7) is 0. The van der Waals surface area contributed by atoms with Crippen LogP contribution >= 0.6 is 0 Å². The number of nitrogens with one attached hydrogen (secondary N) is 1. The third kappa shape index (κ3) is 6.10. The van der Waals surface area contributed by atoms with Crippen LogP contribution in [0.15, 0.2) is 0 Å². The number of hydrogen-bond donors (Lipinski definition) is 4. The molecule has 4 nitrogen and oxygen atoms in total. The molecule has 4 heteroatoms. The minimum absolute atomic E-state index is 0.438. The Balaban J connectivity index is 2.03. The Morgan fingerprint density at radius 2 is 1.80 bits per heavy atom. The molecule has 5 N–H and O–H groups in total. The van der Waals surface area contributed by atoms with E-state index in [-0.39, 0.29) is 0 Å². The first kappa shape index (κ1) is 12.9. The maximum Gasteiger partial charge on any atom is 0.105 e. The van der Waals surface area contributed by atoms with Gasteiger partial charge in [0.2, 0.25) is 0 Å². The van der Waals surface area contributed by atoms with Crippen LogP contribution in [0, 0.1) is 0 Å². The molecule has 0 aromatic carbocycles. The molecule has 0 amide bonds. The molecular weight excluding hydrogens is 192 g/mol. The molecule has 0 aromatic rings. The molecule has 1 rings (SSSR count). The lowest BCUT2D eigenvalue weighted by atomic mass is 9.95. The Bertz CT molecular complexity index is 159. The average molecular weight is 216 g/mol. The molecule has 0 aromatic heterocycles. The standard InChI is InChI=1S/C11H24N2O2/c12-10(14)7-4-8-11(15)13-9-5-2-1-3-6-9/h9-11,13-15H,1-8,12H2. The van der Waals surface area contributed by atoms with Gasteiger partial charge in [0.1, 0.15) is 12.5 Å². The highest BCUT2D eigenvalue weighted by molar-refractivity contribution is 4.73. The molecule has 1 saturated carbocycles. The van der Waals surface area contributed by atoms with E-state index in [1.54, 1.807) is 0 Å². The lowest BCUT2D eigenvalue weighted by Gasteiger charge is -2.25. The Morgan fingerprint density at radius 3 is 2.40 bits per heavy atom. The number of aliphatic hydroxyl groups excluding tert-OH is 2. The van der Waals surface area contributed by atoms with Gasteiger partial charge in [-0.1, -0.05) is 19.3 Å². The van der Waals surface area contributed by atoms with Gasteiger partial charge in [-0.05, 0) is 32.1 Å². The SMILES string of the molecule is NC(O)CCCC(O)NC1CCCCC1. The quantitative estimate of drug-likeness (QED) is 0.492. The van der Waals surface area contributed by atoms with Crippen molar-refractivity contribution in [2.75, 3.05) is 0 Å². The Morgan fingerprint density at radius 1 is 1.13 bits per heavy atom. The van der Waals surface area contributed by atoms with Crippen LogP contribution in [0.5, 0.6) is 0 Å². The largest absolute Gasteiger partial charge is 0.379 e. The van der Waals surface area contributed by atoms with Crippen LogP contribution in [0.25, 0.3) is 0 Å². The number of rotatable bonds is 6. The van der Waals surface area contributed by atoms with Crippen molar-refractivity contribution < 1.29 is 10.2 Å². The molecular formula is C11H24N2O2. The van der Waals surface area contributed by atoms with Gasteiger partial charge in [-0.15, -0.1) is 0 Å².